The van der Waals surface area contributed by atoms with E-state index in [1.165, 1.54) is 12.0 Å². The number of ether oxygens (including phenoxy) is 1. The fraction of sp³-hybridized carbons (Fsp3) is 0.217. The zero-order valence-corrected chi connectivity index (χ0v) is 17.6. The average Bonchev–Trinajstić information content (AvgIpc) is 3.44. The molecule has 2 aromatic carbocycles. The molecule has 0 bridgehead atoms. The van der Waals surface area contributed by atoms with Gasteiger partial charge in [0.05, 0.1) is 24.6 Å². The minimum Gasteiger partial charge on any atom is -0.465 e. The number of nitrogens with one attached hydrogen (secondary N) is 1. The van der Waals surface area contributed by atoms with Gasteiger partial charge in [-0.2, -0.15) is 0 Å². The first kappa shape index (κ1) is 20.6. The first-order valence-electron chi connectivity index (χ1n) is 10.3. The third-order valence-corrected chi connectivity index (χ3v) is 5.84. The molecule has 3 amide bonds. The minimum atomic E-state index is -0.661. The highest BCUT2D eigenvalue weighted by molar-refractivity contribution is 6.05. The number of esters is 1. The first-order chi connectivity index (χ1) is 15.9. The van der Waals surface area contributed by atoms with E-state index in [-0.39, 0.29) is 24.8 Å². The van der Waals surface area contributed by atoms with Gasteiger partial charge in [0, 0.05) is 24.1 Å². The monoisotopic (exact) mass is 445 g/mol. The third-order valence-electron chi connectivity index (χ3n) is 5.84. The van der Waals surface area contributed by atoms with Crippen molar-refractivity contribution in [1.82, 2.24) is 25.2 Å². The lowest BCUT2D eigenvalue weighted by Gasteiger charge is -2.29. The van der Waals surface area contributed by atoms with Crippen LogP contribution < -0.4 is 5.32 Å². The van der Waals surface area contributed by atoms with Gasteiger partial charge in [-0.1, -0.05) is 17.3 Å². The molecule has 3 aromatic rings. The van der Waals surface area contributed by atoms with Crippen LogP contribution >= 0.6 is 0 Å². The molecule has 1 aromatic heterocycles. The molecule has 166 valence electrons. The van der Waals surface area contributed by atoms with E-state index in [9.17, 15) is 19.2 Å². The van der Waals surface area contributed by atoms with Gasteiger partial charge in [0.2, 0.25) is 11.8 Å². The lowest BCUT2D eigenvalue weighted by molar-refractivity contribution is -0.136. The van der Waals surface area contributed by atoms with Gasteiger partial charge in [-0.15, -0.1) is 5.10 Å². The summed E-state index contributed by atoms with van der Waals surface area (Å²) >= 11 is 0. The van der Waals surface area contributed by atoms with Crippen molar-refractivity contribution in [1.29, 1.82) is 0 Å². The molecule has 3 heterocycles. The number of aromatic nitrogens is 3. The first-order valence-corrected chi connectivity index (χ1v) is 10.3. The van der Waals surface area contributed by atoms with Crippen LogP contribution in [-0.2, 0) is 20.9 Å². The van der Waals surface area contributed by atoms with E-state index in [1.807, 2.05) is 12.1 Å². The Labute approximate surface area is 188 Å². The van der Waals surface area contributed by atoms with Crippen LogP contribution in [0.5, 0.6) is 0 Å². The molecule has 2 aliphatic rings. The Balaban J connectivity index is 1.39. The molecule has 1 unspecified atom stereocenters. The lowest BCUT2D eigenvalue weighted by Crippen LogP contribution is -2.52. The van der Waals surface area contributed by atoms with Crippen LogP contribution in [0.15, 0.2) is 48.7 Å². The summed E-state index contributed by atoms with van der Waals surface area (Å²) in [7, 11) is 1.32. The van der Waals surface area contributed by atoms with Crippen molar-refractivity contribution in [2.45, 2.75) is 25.4 Å². The topological polar surface area (TPSA) is 123 Å². The van der Waals surface area contributed by atoms with Crippen LogP contribution in [0.4, 0.5) is 0 Å². The van der Waals surface area contributed by atoms with E-state index in [2.05, 4.69) is 15.6 Å². The standard InChI is InChI=1S/C23H19N5O5/c1-33-23(32)14-4-2-3-13(9-14)18-12-28(26-25-18)16-5-6-17-15(10-16)11-27(22(17)31)19-7-8-20(29)24-21(19)30/h2-6,9-10,12,19H,7-8,11H2,1H3,(H,24,29,30). The molecule has 5 rings (SSSR count). The fourth-order valence-corrected chi connectivity index (χ4v) is 4.15. The van der Waals surface area contributed by atoms with Crippen molar-refractivity contribution in [3.63, 3.8) is 0 Å². The number of imide groups is 1. The van der Waals surface area contributed by atoms with Crippen molar-refractivity contribution in [2.75, 3.05) is 7.11 Å². The Hall–Kier alpha value is -4.34. The molecule has 2 aliphatic heterocycles. The quantitative estimate of drug-likeness (QED) is 0.477. The third kappa shape index (κ3) is 3.65. The summed E-state index contributed by atoms with van der Waals surface area (Å²) in [4.78, 5) is 49.8. The highest BCUT2D eigenvalue weighted by Gasteiger charge is 2.39. The van der Waals surface area contributed by atoms with Crippen LogP contribution in [0.2, 0.25) is 0 Å². The van der Waals surface area contributed by atoms with Crippen molar-refractivity contribution in [3.8, 4) is 16.9 Å². The molecule has 1 saturated heterocycles. The van der Waals surface area contributed by atoms with Crippen molar-refractivity contribution in [3.05, 3.63) is 65.4 Å². The van der Waals surface area contributed by atoms with Crippen LogP contribution in [0.25, 0.3) is 16.9 Å². The summed E-state index contributed by atoms with van der Waals surface area (Å²) in [5.41, 5.74) is 3.69. The molecule has 0 spiro atoms. The summed E-state index contributed by atoms with van der Waals surface area (Å²) in [6.07, 6.45) is 2.25. The Bertz CT molecular complexity index is 1310. The van der Waals surface area contributed by atoms with Crippen LogP contribution in [0, 0.1) is 0 Å². The van der Waals surface area contributed by atoms with E-state index in [0.29, 0.717) is 34.5 Å². The van der Waals surface area contributed by atoms with Gasteiger partial charge < -0.3 is 9.64 Å². The molecular formula is C23H19N5O5. The second kappa shape index (κ2) is 7.97. The predicted molar refractivity (Wildman–Crippen MR) is 114 cm³/mol. The van der Waals surface area contributed by atoms with Gasteiger partial charge in [0.25, 0.3) is 5.91 Å². The molecular weight excluding hydrogens is 426 g/mol. The maximum Gasteiger partial charge on any atom is 0.337 e. The molecule has 10 nitrogen and oxygen atoms in total. The van der Waals surface area contributed by atoms with E-state index in [0.717, 1.165) is 5.56 Å². The number of carbonyl (C=O) groups is 4. The number of benzene rings is 2. The molecule has 1 N–H and O–H groups in total. The number of fused-ring (bicyclic) bond motifs is 1. The van der Waals surface area contributed by atoms with Crippen molar-refractivity contribution in [2.24, 2.45) is 0 Å². The predicted octanol–water partition coefficient (Wildman–Crippen LogP) is 1.48. The van der Waals surface area contributed by atoms with Crippen LogP contribution in [-0.4, -0.2) is 56.7 Å². The number of amides is 3. The summed E-state index contributed by atoms with van der Waals surface area (Å²) in [6.45, 7) is 0.275. The zero-order valence-electron chi connectivity index (χ0n) is 17.6. The maximum atomic E-state index is 12.9. The maximum absolute atomic E-state index is 12.9. The molecule has 1 atom stereocenters. The minimum absolute atomic E-state index is 0.209. The molecule has 33 heavy (non-hydrogen) atoms. The SMILES string of the molecule is COC(=O)c1cccc(-c2cn(-c3ccc4c(c3)CN(C3CCC(=O)NC3=O)C4=O)nn2)c1. The number of methoxy groups -OCH3 is 1. The normalized spacial score (nSPS) is 17.7. The Morgan fingerprint density at radius 3 is 2.79 bits per heavy atom. The lowest BCUT2D eigenvalue weighted by atomic mass is 10.0. The number of rotatable bonds is 4. The van der Waals surface area contributed by atoms with Crippen LogP contribution in [0.1, 0.15) is 39.1 Å². The van der Waals surface area contributed by atoms with Gasteiger partial charge in [-0.25, -0.2) is 9.48 Å². The Kier molecular flexibility index (Phi) is 4.97. The van der Waals surface area contributed by atoms with E-state index >= 15 is 0 Å². The molecule has 1 fully saturated rings. The van der Waals surface area contributed by atoms with Gasteiger partial charge in [-0.3, -0.25) is 19.7 Å². The summed E-state index contributed by atoms with van der Waals surface area (Å²) < 4.78 is 6.35. The number of hydrogen-bond donors (Lipinski definition) is 1. The summed E-state index contributed by atoms with van der Waals surface area (Å²) in [5.74, 6) is -1.43. The largest absolute Gasteiger partial charge is 0.465 e. The highest BCUT2D eigenvalue weighted by Crippen LogP contribution is 2.29. The van der Waals surface area contributed by atoms with Gasteiger partial charge >= 0.3 is 5.97 Å². The summed E-state index contributed by atoms with van der Waals surface area (Å²) in [6, 6.07) is 11.5. The van der Waals surface area contributed by atoms with Crippen LogP contribution in [0.3, 0.4) is 0 Å². The van der Waals surface area contributed by atoms with E-state index < -0.39 is 17.9 Å². The number of hydrogen-bond acceptors (Lipinski definition) is 7. The average molecular weight is 445 g/mol. The van der Waals surface area contributed by atoms with E-state index in [4.69, 9.17) is 4.74 Å². The van der Waals surface area contributed by atoms with Gasteiger partial charge in [0.15, 0.2) is 0 Å². The highest BCUT2D eigenvalue weighted by atomic mass is 16.5. The zero-order chi connectivity index (χ0) is 23.1. The molecule has 0 saturated carbocycles. The van der Waals surface area contributed by atoms with Crippen molar-refractivity contribution < 1.29 is 23.9 Å². The second-order valence-electron chi connectivity index (χ2n) is 7.86. The van der Waals surface area contributed by atoms with Gasteiger partial charge in [0.1, 0.15) is 11.7 Å². The Morgan fingerprint density at radius 1 is 1.15 bits per heavy atom. The van der Waals surface area contributed by atoms with Gasteiger partial charge in [-0.05, 0) is 42.3 Å². The smallest absolute Gasteiger partial charge is 0.337 e. The molecule has 0 aliphatic carbocycles. The number of piperidine rings is 1. The number of nitrogens with zero attached hydrogens (tertiary/aromatic N) is 4. The number of carbonyl (C=O) groups excluding carboxylic acids is 4. The Morgan fingerprint density at radius 2 is 2.00 bits per heavy atom. The fourth-order valence-electron chi connectivity index (χ4n) is 4.15. The second-order valence-corrected chi connectivity index (χ2v) is 7.86. The van der Waals surface area contributed by atoms with E-state index in [1.54, 1.807) is 41.2 Å². The molecule has 10 heteroatoms. The summed E-state index contributed by atoms with van der Waals surface area (Å²) in [5, 5.41) is 10.7. The van der Waals surface area contributed by atoms with Crippen molar-refractivity contribution >= 4 is 23.7 Å². The molecule has 0 radical (unpaired) electrons.